The molecule has 0 atom stereocenters. The molecule has 0 radical (unpaired) electrons. The maximum Gasteiger partial charge on any atom is 0.167 e. The van der Waals surface area contributed by atoms with Crippen LogP contribution >= 0.6 is 11.9 Å². The molecule has 3 nitrogen and oxygen atoms in total. The number of benzene rings is 1. The van der Waals surface area contributed by atoms with Crippen LogP contribution in [-0.4, -0.2) is 25.7 Å². The lowest BCUT2D eigenvalue weighted by Crippen LogP contribution is -2.43. The second-order valence-electron chi connectivity index (χ2n) is 5.27. The highest BCUT2D eigenvalue weighted by molar-refractivity contribution is 7.97. The molecule has 1 heterocycles. The minimum absolute atomic E-state index is 0.0393. The van der Waals surface area contributed by atoms with Crippen LogP contribution in [0.15, 0.2) is 17.0 Å². The number of nitrogens with zero attached hydrogens (tertiary/aromatic N) is 1. The summed E-state index contributed by atoms with van der Waals surface area (Å²) >= 11 is 1.53. The predicted molar refractivity (Wildman–Crippen MR) is 73.9 cm³/mol. The second kappa shape index (κ2) is 4.97. The zero-order valence-corrected chi connectivity index (χ0v) is 12.0. The van der Waals surface area contributed by atoms with Gasteiger partial charge in [0.15, 0.2) is 11.6 Å². The Labute approximate surface area is 112 Å². The highest BCUT2D eigenvalue weighted by Crippen LogP contribution is 2.38. The van der Waals surface area contributed by atoms with Crippen molar-refractivity contribution in [2.24, 2.45) is 0 Å². The molecule has 0 spiro atoms. The molecule has 1 aromatic carbocycles. The molecule has 100 valence electrons. The quantitative estimate of drug-likeness (QED) is 0.793. The predicted octanol–water partition coefficient (Wildman–Crippen LogP) is 3.05. The van der Waals surface area contributed by atoms with E-state index in [4.69, 9.17) is 4.74 Å². The third-order valence-corrected chi connectivity index (χ3v) is 3.85. The van der Waals surface area contributed by atoms with E-state index < -0.39 is 0 Å². The van der Waals surface area contributed by atoms with Gasteiger partial charge in [-0.25, -0.2) is 4.39 Å². The van der Waals surface area contributed by atoms with Crippen molar-refractivity contribution >= 4 is 17.6 Å². The van der Waals surface area contributed by atoms with Crippen LogP contribution in [0.5, 0.6) is 5.75 Å². The van der Waals surface area contributed by atoms with Gasteiger partial charge in [-0.15, -0.1) is 0 Å². The summed E-state index contributed by atoms with van der Waals surface area (Å²) < 4.78 is 22.2. The van der Waals surface area contributed by atoms with Gasteiger partial charge in [-0.1, -0.05) is 0 Å². The first kappa shape index (κ1) is 13.5. The van der Waals surface area contributed by atoms with E-state index in [1.165, 1.54) is 19.1 Å². The maximum absolute atomic E-state index is 13.9. The van der Waals surface area contributed by atoms with E-state index in [0.29, 0.717) is 5.75 Å². The molecule has 0 bridgehead atoms. The van der Waals surface area contributed by atoms with Crippen LogP contribution < -0.4 is 14.4 Å². The highest BCUT2D eigenvalue weighted by atomic mass is 32.2. The van der Waals surface area contributed by atoms with Crippen LogP contribution in [0.25, 0.3) is 0 Å². The molecule has 0 saturated heterocycles. The topological polar surface area (TPSA) is 24.5 Å². The van der Waals surface area contributed by atoms with Gasteiger partial charge >= 0.3 is 0 Å². The Morgan fingerprint density at radius 1 is 1.39 bits per heavy atom. The van der Waals surface area contributed by atoms with Gasteiger partial charge < -0.3 is 9.64 Å². The minimum atomic E-state index is -0.312. The van der Waals surface area contributed by atoms with Gasteiger partial charge in [0.1, 0.15) is 0 Å². The first-order valence-corrected chi connectivity index (χ1v) is 6.80. The summed E-state index contributed by atoms with van der Waals surface area (Å²) in [6, 6.07) is 3.33. The summed E-state index contributed by atoms with van der Waals surface area (Å²) in [5.41, 5.74) is 0.887. The number of rotatable bonds is 1. The molecule has 0 fully saturated rings. The van der Waals surface area contributed by atoms with Gasteiger partial charge in [0.2, 0.25) is 0 Å². The van der Waals surface area contributed by atoms with Crippen molar-refractivity contribution in [1.82, 2.24) is 4.72 Å². The van der Waals surface area contributed by atoms with Gasteiger partial charge in [-0.2, -0.15) is 0 Å². The fourth-order valence-electron chi connectivity index (χ4n) is 2.08. The molecule has 0 aromatic heterocycles. The number of fused-ring (bicyclic) bond motifs is 1. The molecule has 2 rings (SSSR count). The maximum atomic E-state index is 13.9. The Morgan fingerprint density at radius 2 is 2.11 bits per heavy atom. The Balaban J connectivity index is 2.51. The molecule has 5 heteroatoms. The molecule has 1 aromatic rings. The first-order chi connectivity index (χ1) is 8.43. The molecular weight excluding hydrogens is 251 g/mol. The summed E-state index contributed by atoms with van der Waals surface area (Å²) in [4.78, 5) is 3.22. The van der Waals surface area contributed by atoms with Crippen molar-refractivity contribution in [1.29, 1.82) is 0 Å². The summed E-state index contributed by atoms with van der Waals surface area (Å²) in [5.74, 6) is -0.0215. The molecule has 0 amide bonds. The highest BCUT2D eigenvalue weighted by Gasteiger charge is 2.27. The second-order valence-corrected chi connectivity index (χ2v) is 6.21. The summed E-state index contributed by atoms with van der Waals surface area (Å²) in [7, 11) is 1.49. The number of hydrogen-bond acceptors (Lipinski definition) is 4. The van der Waals surface area contributed by atoms with Gasteiger partial charge in [-0.05, 0) is 32.7 Å². The van der Waals surface area contributed by atoms with E-state index >= 15 is 0 Å². The normalized spacial score (nSPS) is 16.2. The lowest BCUT2D eigenvalue weighted by atomic mass is 10.0. The van der Waals surface area contributed by atoms with Gasteiger partial charge in [0, 0.05) is 30.8 Å². The fraction of sp³-hybridized carbons (Fsp3) is 0.538. The molecule has 1 aliphatic rings. The van der Waals surface area contributed by atoms with Crippen molar-refractivity contribution in [3.05, 3.63) is 17.9 Å². The first-order valence-electron chi connectivity index (χ1n) is 5.98. The van der Waals surface area contributed by atoms with Crippen LogP contribution in [0.1, 0.15) is 20.8 Å². The Bertz CT molecular complexity index is 445. The molecule has 0 unspecified atom stereocenters. The molecular formula is C13H19FN2OS. The minimum Gasteiger partial charge on any atom is -0.494 e. The molecule has 1 aliphatic heterocycles. The molecule has 0 saturated carbocycles. The third kappa shape index (κ3) is 2.57. The van der Waals surface area contributed by atoms with E-state index in [1.54, 1.807) is 12.1 Å². The van der Waals surface area contributed by atoms with E-state index in [-0.39, 0.29) is 11.4 Å². The van der Waals surface area contributed by atoms with Crippen LogP contribution in [-0.2, 0) is 0 Å². The Hall–Kier alpha value is -0.940. The SMILES string of the molecule is COc1cc2c(cc1F)N(C(C)(C)C)CCNS2. The smallest absolute Gasteiger partial charge is 0.167 e. The summed E-state index contributed by atoms with van der Waals surface area (Å²) in [6.45, 7) is 8.12. The Kier molecular flexibility index (Phi) is 3.73. The van der Waals surface area contributed by atoms with E-state index in [0.717, 1.165) is 23.7 Å². The van der Waals surface area contributed by atoms with Crippen molar-refractivity contribution in [2.75, 3.05) is 25.1 Å². The van der Waals surface area contributed by atoms with Gasteiger partial charge in [-0.3, -0.25) is 4.72 Å². The monoisotopic (exact) mass is 270 g/mol. The van der Waals surface area contributed by atoms with Crippen molar-refractivity contribution in [3.63, 3.8) is 0 Å². The average molecular weight is 270 g/mol. The van der Waals surface area contributed by atoms with E-state index in [1.807, 2.05) is 0 Å². The van der Waals surface area contributed by atoms with Crippen molar-refractivity contribution < 1.29 is 9.13 Å². The van der Waals surface area contributed by atoms with Gasteiger partial charge in [0.25, 0.3) is 0 Å². The zero-order valence-electron chi connectivity index (χ0n) is 11.2. The number of ether oxygens (including phenoxy) is 1. The third-order valence-electron chi connectivity index (χ3n) is 2.95. The van der Waals surface area contributed by atoms with Crippen LogP contribution in [0, 0.1) is 5.82 Å². The summed E-state index contributed by atoms with van der Waals surface area (Å²) in [5, 5.41) is 0. The van der Waals surface area contributed by atoms with Crippen LogP contribution in [0.3, 0.4) is 0 Å². The molecule has 1 N–H and O–H groups in total. The Morgan fingerprint density at radius 3 is 2.72 bits per heavy atom. The van der Waals surface area contributed by atoms with Crippen LogP contribution in [0.4, 0.5) is 10.1 Å². The zero-order chi connectivity index (χ0) is 13.3. The number of hydrogen-bond donors (Lipinski definition) is 1. The molecule has 0 aliphatic carbocycles. The van der Waals surface area contributed by atoms with E-state index in [2.05, 4.69) is 30.4 Å². The fourth-order valence-corrected chi connectivity index (χ4v) is 2.87. The largest absolute Gasteiger partial charge is 0.494 e. The standard InChI is InChI=1S/C13H19FN2OS/c1-13(2,3)16-6-5-15-18-12-8-11(17-4)9(14)7-10(12)16/h7-8,15H,5-6H2,1-4H3. The van der Waals surface area contributed by atoms with Crippen molar-refractivity contribution in [3.8, 4) is 5.75 Å². The van der Waals surface area contributed by atoms with Crippen LogP contribution in [0.2, 0.25) is 0 Å². The number of methoxy groups -OCH3 is 1. The number of anilines is 1. The van der Waals surface area contributed by atoms with Crippen molar-refractivity contribution in [2.45, 2.75) is 31.2 Å². The average Bonchev–Trinajstić information content (AvgIpc) is 2.48. The van der Waals surface area contributed by atoms with Gasteiger partial charge in [0.05, 0.1) is 17.7 Å². The number of halogens is 1. The lowest BCUT2D eigenvalue weighted by Gasteiger charge is -2.37. The lowest BCUT2D eigenvalue weighted by molar-refractivity contribution is 0.384. The number of nitrogens with one attached hydrogen (secondary N) is 1. The molecule has 18 heavy (non-hydrogen) atoms. The van der Waals surface area contributed by atoms with E-state index in [9.17, 15) is 4.39 Å². The summed E-state index contributed by atoms with van der Waals surface area (Å²) in [6.07, 6.45) is 0.